The topological polar surface area (TPSA) is 88.5 Å². The van der Waals surface area contributed by atoms with Gasteiger partial charge in [0.15, 0.2) is 0 Å². The molecule has 1 amide bonds. The van der Waals surface area contributed by atoms with Crippen molar-refractivity contribution < 1.29 is 19.4 Å². The molecule has 3 rings (SSSR count). The Kier molecular flexibility index (Phi) is 3.43. The van der Waals surface area contributed by atoms with Crippen molar-refractivity contribution in [2.75, 3.05) is 11.9 Å². The van der Waals surface area contributed by atoms with Crippen molar-refractivity contribution >= 4 is 28.6 Å². The molecule has 1 aliphatic rings. The fourth-order valence-corrected chi connectivity index (χ4v) is 2.29. The molecular weight excluding hydrogens is 272 g/mol. The molecule has 2 aromatic rings. The molecule has 0 spiro atoms. The molecule has 1 aromatic carbocycles. The predicted molar refractivity (Wildman–Crippen MR) is 76.4 cm³/mol. The number of anilines is 1. The second-order valence-corrected chi connectivity index (χ2v) is 4.92. The number of hydrogen-bond donors (Lipinski definition) is 2. The van der Waals surface area contributed by atoms with E-state index in [4.69, 9.17) is 9.84 Å². The zero-order valence-corrected chi connectivity index (χ0v) is 11.3. The third-order valence-electron chi connectivity index (χ3n) is 3.28. The second-order valence-electron chi connectivity index (χ2n) is 4.92. The Balaban J connectivity index is 1.76. The number of carboxylic acid groups (broad SMARTS) is 1. The third kappa shape index (κ3) is 2.94. The van der Waals surface area contributed by atoms with E-state index in [-0.39, 0.29) is 12.3 Å². The van der Waals surface area contributed by atoms with Crippen LogP contribution in [0.1, 0.15) is 18.4 Å². The van der Waals surface area contributed by atoms with Gasteiger partial charge in [-0.3, -0.25) is 9.59 Å². The summed E-state index contributed by atoms with van der Waals surface area (Å²) in [6, 6.07) is 7.40. The Morgan fingerprint density at radius 1 is 1.38 bits per heavy atom. The molecule has 2 N–H and O–H groups in total. The van der Waals surface area contributed by atoms with E-state index >= 15 is 0 Å². The lowest BCUT2D eigenvalue weighted by Crippen LogP contribution is -2.04. The van der Waals surface area contributed by atoms with Crippen LogP contribution in [0.2, 0.25) is 0 Å². The normalized spacial score (nSPS) is 13.0. The number of aromatic nitrogens is 1. The van der Waals surface area contributed by atoms with Gasteiger partial charge in [-0.05, 0) is 30.7 Å². The summed E-state index contributed by atoms with van der Waals surface area (Å²) in [5.41, 5.74) is 1.67. The van der Waals surface area contributed by atoms with Gasteiger partial charge in [0.1, 0.15) is 11.6 Å². The molecule has 1 aromatic heterocycles. The van der Waals surface area contributed by atoms with Gasteiger partial charge in [-0.2, -0.15) is 0 Å². The summed E-state index contributed by atoms with van der Waals surface area (Å²) in [7, 11) is 0. The molecule has 0 atom stereocenters. The van der Waals surface area contributed by atoms with E-state index in [1.165, 1.54) is 0 Å². The summed E-state index contributed by atoms with van der Waals surface area (Å²) in [5.74, 6) is 0.432. The number of hydrogen-bond acceptors (Lipinski definition) is 4. The lowest BCUT2D eigenvalue weighted by Gasteiger charge is -2.07. The van der Waals surface area contributed by atoms with Crippen LogP contribution in [0.25, 0.3) is 10.9 Å². The van der Waals surface area contributed by atoms with Crippen molar-refractivity contribution in [2.45, 2.75) is 19.3 Å². The number of nitrogens with one attached hydrogen (secondary N) is 1. The van der Waals surface area contributed by atoms with E-state index < -0.39 is 5.97 Å². The lowest BCUT2D eigenvalue weighted by molar-refractivity contribution is -0.137. The highest BCUT2D eigenvalue weighted by Crippen LogP contribution is 2.27. The largest absolute Gasteiger partial charge is 0.494 e. The molecule has 108 valence electrons. The van der Waals surface area contributed by atoms with Gasteiger partial charge >= 0.3 is 5.97 Å². The molecule has 0 bridgehead atoms. The number of pyridine rings is 1. The van der Waals surface area contributed by atoms with Crippen LogP contribution in [-0.2, 0) is 16.0 Å². The van der Waals surface area contributed by atoms with Crippen LogP contribution in [0.5, 0.6) is 5.75 Å². The summed E-state index contributed by atoms with van der Waals surface area (Å²) < 4.78 is 5.53. The highest BCUT2D eigenvalue weighted by Gasteiger charge is 2.19. The standard InChI is InChI=1S/C15H14N2O4/c18-13-8-10-6-9-7-11(21-5-1-2-14(19)20)3-4-12(9)16-15(10)17-13/h3-4,6-7H,1-2,5,8H2,(H,19,20)(H,16,17,18). The Hall–Kier alpha value is -2.63. The third-order valence-corrected chi connectivity index (χ3v) is 3.28. The number of amides is 1. The van der Waals surface area contributed by atoms with Gasteiger partial charge in [0.2, 0.25) is 5.91 Å². The first-order chi connectivity index (χ1) is 10.1. The average molecular weight is 286 g/mol. The van der Waals surface area contributed by atoms with Gasteiger partial charge < -0.3 is 15.2 Å². The SMILES string of the molecule is O=C(O)CCCOc1ccc2nc3c(cc2c1)CC(=O)N3. The predicted octanol–water partition coefficient (Wildman–Crippen LogP) is 1.97. The number of carbonyl (C=O) groups excluding carboxylic acids is 1. The summed E-state index contributed by atoms with van der Waals surface area (Å²) in [6.07, 6.45) is 0.909. The Bertz CT molecular complexity index is 727. The van der Waals surface area contributed by atoms with Gasteiger partial charge in [-0.15, -0.1) is 0 Å². The maximum Gasteiger partial charge on any atom is 0.303 e. The maximum absolute atomic E-state index is 11.4. The second kappa shape index (κ2) is 5.40. The van der Waals surface area contributed by atoms with Crippen LogP contribution in [0, 0.1) is 0 Å². The molecule has 6 heteroatoms. The van der Waals surface area contributed by atoms with Crippen LogP contribution in [-0.4, -0.2) is 28.6 Å². The van der Waals surface area contributed by atoms with E-state index in [2.05, 4.69) is 10.3 Å². The Labute approximate surface area is 120 Å². The first kappa shape index (κ1) is 13.4. The van der Waals surface area contributed by atoms with Gasteiger partial charge in [0.25, 0.3) is 0 Å². The van der Waals surface area contributed by atoms with Crippen molar-refractivity contribution in [3.63, 3.8) is 0 Å². The van der Waals surface area contributed by atoms with Crippen LogP contribution in [0.4, 0.5) is 5.82 Å². The molecule has 0 saturated carbocycles. The highest BCUT2D eigenvalue weighted by molar-refractivity contribution is 6.00. The zero-order chi connectivity index (χ0) is 14.8. The highest BCUT2D eigenvalue weighted by atomic mass is 16.5. The first-order valence-electron chi connectivity index (χ1n) is 6.70. The number of benzene rings is 1. The number of nitrogens with zero attached hydrogens (tertiary/aromatic N) is 1. The number of carboxylic acids is 1. The first-order valence-corrected chi connectivity index (χ1v) is 6.70. The van der Waals surface area contributed by atoms with E-state index in [9.17, 15) is 9.59 Å². The zero-order valence-electron chi connectivity index (χ0n) is 11.3. The van der Waals surface area contributed by atoms with Crippen molar-refractivity contribution in [1.29, 1.82) is 0 Å². The maximum atomic E-state index is 11.4. The number of rotatable bonds is 5. The van der Waals surface area contributed by atoms with Crippen LogP contribution in [0.3, 0.4) is 0 Å². The minimum Gasteiger partial charge on any atom is -0.494 e. The quantitative estimate of drug-likeness (QED) is 0.820. The van der Waals surface area contributed by atoms with Crippen LogP contribution >= 0.6 is 0 Å². The molecule has 0 fully saturated rings. The molecular formula is C15H14N2O4. The number of aliphatic carboxylic acids is 1. The number of fused-ring (bicyclic) bond motifs is 2. The van der Waals surface area contributed by atoms with Crippen molar-refractivity contribution in [1.82, 2.24) is 4.98 Å². The van der Waals surface area contributed by atoms with E-state index in [1.54, 1.807) is 6.07 Å². The minimum atomic E-state index is -0.825. The smallest absolute Gasteiger partial charge is 0.303 e. The van der Waals surface area contributed by atoms with Gasteiger partial charge in [0.05, 0.1) is 18.5 Å². The molecule has 6 nitrogen and oxygen atoms in total. The molecule has 0 saturated heterocycles. The molecule has 21 heavy (non-hydrogen) atoms. The minimum absolute atomic E-state index is 0.0436. The fraction of sp³-hybridized carbons (Fsp3) is 0.267. The van der Waals surface area contributed by atoms with E-state index in [0.29, 0.717) is 31.0 Å². The molecule has 0 unspecified atom stereocenters. The summed E-state index contributed by atoms with van der Waals surface area (Å²) in [4.78, 5) is 26.2. The van der Waals surface area contributed by atoms with Gasteiger partial charge in [-0.1, -0.05) is 0 Å². The molecule has 1 aliphatic heterocycles. The Morgan fingerprint density at radius 3 is 3.05 bits per heavy atom. The monoisotopic (exact) mass is 286 g/mol. The molecule has 2 heterocycles. The average Bonchev–Trinajstić information content (AvgIpc) is 2.79. The molecule has 0 radical (unpaired) electrons. The van der Waals surface area contributed by atoms with Crippen molar-refractivity contribution in [3.05, 3.63) is 29.8 Å². The van der Waals surface area contributed by atoms with Crippen LogP contribution in [0.15, 0.2) is 24.3 Å². The number of carbonyl (C=O) groups is 2. The number of ether oxygens (including phenoxy) is 1. The molecule has 0 aliphatic carbocycles. The summed E-state index contributed by atoms with van der Waals surface area (Å²) in [5, 5.41) is 12.2. The van der Waals surface area contributed by atoms with Crippen molar-refractivity contribution in [3.8, 4) is 5.75 Å². The Morgan fingerprint density at radius 2 is 2.24 bits per heavy atom. The van der Waals surface area contributed by atoms with Crippen molar-refractivity contribution in [2.24, 2.45) is 0 Å². The van der Waals surface area contributed by atoms with Gasteiger partial charge in [0, 0.05) is 17.4 Å². The van der Waals surface area contributed by atoms with E-state index in [1.807, 2.05) is 18.2 Å². The van der Waals surface area contributed by atoms with Gasteiger partial charge in [-0.25, -0.2) is 4.98 Å². The fourth-order valence-electron chi connectivity index (χ4n) is 2.29. The lowest BCUT2D eigenvalue weighted by atomic mass is 10.1. The van der Waals surface area contributed by atoms with Crippen LogP contribution < -0.4 is 10.1 Å². The summed E-state index contributed by atoms with van der Waals surface area (Å²) >= 11 is 0. The van der Waals surface area contributed by atoms with E-state index in [0.717, 1.165) is 16.5 Å². The summed E-state index contributed by atoms with van der Waals surface area (Å²) in [6.45, 7) is 0.357.